The lowest BCUT2D eigenvalue weighted by atomic mass is 10.2. The van der Waals surface area contributed by atoms with E-state index in [0.717, 1.165) is 22.3 Å². The van der Waals surface area contributed by atoms with Gasteiger partial charge < -0.3 is 10.5 Å². The molecule has 0 amide bonds. The summed E-state index contributed by atoms with van der Waals surface area (Å²) >= 11 is 3.01. The minimum atomic E-state index is 0.508. The van der Waals surface area contributed by atoms with Gasteiger partial charge in [-0.15, -0.1) is 10.2 Å². The number of ether oxygens (including phenoxy) is 1. The SMILES string of the molecule is CCc1cccc(OCCSc2nnc(N)s2)c1. The Morgan fingerprint density at radius 1 is 1.39 bits per heavy atom. The third kappa shape index (κ3) is 3.89. The van der Waals surface area contributed by atoms with Gasteiger partial charge in [0.1, 0.15) is 5.75 Å². The highest BCUT2D eigenvalue weighted by Crippen LogP contribution is 2.23. The summed E-state index contributed by atoms with van der Waals surface area (Å²) in [6.07, 6.45) is 1.02. The number of hydrogen-bond acceptors (Lipinski definition) is 6. The van der Waals surface area contributed by atoms with E-state index in [1.807, 2.05) is 12.1 Å². The number of nitrogen functional groups attached to an aromatic ring is 1. The lowest BCUT2D eigenvalue weighted by Gasteiger charge is -2.06. The Morgan fingerprint density at radius 2 is 2.28 bits per heavy atom. The number of aromatic nitrogens is 2. The van der Waals surface area contributed by atoms with Crippen LogP contribution < -0.4 is 10.5 Å². The van der Waals surface area contributed by atoms with E-state index < -0.39 is 0 Å². The summed E-state index contributed by atoms with van der Waals surface area (Å²) in [5, 5.41) is 8.21. The quantitative estimate of drug-likeness (QED) is 0.651. The van der Waals surface area contributed by atoms with Crippen LogP contribution in [0.3, 0.4) is 0 Å². The second-order valence-corrected chi connectivity index (χ2v) is 5.96. The topological polar surface area (TPSA) is 61.0 Å². The first-order valence-electron chi connectivity index (χ1n) is 5.71. The molecule has 96 valence electrons. The number of anilines is 1. The van der Waals surface area contributed by atoms with E-state index in [2.05, 4.69) is 29.3 Å². The molecule has 18 heavy (non-hydrogen) atoms. The Hall–Kier alpha value is -1.27. The van der Waals surface area contributed by atoms with Crippen molar-refractivity contribution in [2.75, 3.05) is 18.1 Å². The zero-order chi connectivity index (χ0) is 12.8. The van der Waals surface area contributed by atoms with Gasteiger partial charge in [0.15, 0.2) is 4.34 Å². The molecule has 1 heterocycles. The second-order valence-electron chi connectivity index (χ2n) is 3.60. The highest BCUT2D eigenvalue weighted by molar-refractivity contribution is 8.01. The van der Waals surface area contributed by atoms with Gasteiger partial charge in [-0.05, 0) is 24.1 Å². The fraction of sp³-hybridized carbons (Fsp3) is 0.333. The third-order valence-electron chi connectivity index (χ3n) is 2.31. The van der Waals surface area contributed by atoms with Crippen molar-refractivity contribution in [3.05, 3.63) is 29.8 Å². The van der Waals surface area contributed by atoms with E-state index in [4.69, 9.17) is 10.5 Å². The second kappa shape index (κ2) is 6.61. The molecule has 0 radical (unpaired) electrons. The zero-order valence-corrected chi connectivity index (χ0v) is 11.8. The van der Waals surface area contributed by atoms with Crippen molar-refractivity contribution >= 4 is 28.2 Å². The summed E-state index contributed by atoms with van der Waals surface area (Å²) in [6, 6.07) is 8.18. The molecular weight excluding hydrogens is 266 g/mol. The van der Waals surface area contributed by atoms with Crippen LogP contribution in [-0.2, 0) is 6.42 Å². The number of aryl methyl sites for hydroxylation is 1. The molecule has 0 saturated carbocycles. The maximum atomic E-state index is 5.68. The first kappa shape index (κ1) is 13.2. The predicted molar refractivity (Wildman–Crippen MR) is 76.4 cm³/mol. The Kier molecular flexibility index (Phi) is 4.83. The van der Waals surface area contributed by atoms with Crippen LogP contribution in [0.25, 0.3) is 0 Å². The lowest BCUT2D eigenvalue weighted by molar-refractivity contribution is 0.343. The minimum Gasteiger partial charge on any atom is -0.493 e. The molecule has 0 aliphatic heterocycles. The Bertz CT molecular complexity index is 502. The van der Waals surface area contributed by atoms with Crippen molar-refractivity contribution in [3.8, 4) is 5.75 Å². The molecule has 0 aliphatic carbocycles. The molecule has 4 nitrogen and oxygen atoms in total. The number of thioether (sulfide) groups is 1. The van der Waals surface area contributed by atoms with E-state index in [1.54, 1.807) is 11.8 Å². The highest BCUT2D eigenvalue weighted by Gasteiger charge is 2.01. The van der Waals surface area contributed by atoms with Crippen LogP contribution in [0.5, 0.6) is 5.75 Å². The first-order valence-corrected chi connectivity index (χ1v) is 7.51. The molecule has 0 aliphatic rings. The summed E-state index contributed by atoms with van der Waals surface area (Å²) in [7, 11) is 0. The number of benzene rings is 1. The van der Waals surface area contributed by atoms with Crippen molar-refractivity contribution in [2.24, 2.45) is 0 Å². The van der Waals surface area contributed by atoms with E-state index in [9.17, 15) is 0 Å². The molecule has 1 aromatic heterocycles. The van der Waals surface area contributed by atoms with E-state index in [0.29, 0.717) is 11.7 Å². The largest absolute Gasteiger partial charge is 0.493 e. The van der Waals surface area contributed by atoms with E-state index in [-0.39, 0.29) is 0 Å². The van der Waals surface area contributed by atoms with Crippen LogP contribution in [0, 0.1) is 0 Å². The Morgan fingerprint density at radius 3 is 3.00 bits per heavy atom. The van der Waals surface area contributed by atoms with E-state index in [1.165, 1.54) is 16.9 Å². The monoisotopic (exact) mass is 281 g/mol. The highest BCUT2D eigenvalue weighted by atomic mass is 32.2. The van der Waals surface area contributed by atoms with Gasteiger partial charge in [-0.1, -0.05) is 42.2 Å². The number of hydrogen-bond donors (Lipinski definition) is 1. The average Bonchev–Trinajstić information content (AvgIpc) is 2.81. The normalized spacial score (nSPS) is 10.5. The molecule has 1 aromatic carbocycles. The summed E-state index contributed by atoms with van der Waals surface area (Å²) in [5.74, 6) is 1.76. The molecular formula is C12H15N3OS2. The van der Waals surface area contributed by atoms with Gasteiger partial charge in [0.2, 0.25) is 5.13 Å². The lowest BCUT2D eigenvalue weighted by Crippen LogP contribution is -2.00. The fourth-order valence-electron chi connectivity index (χ4n) is 1.42. The van der Waals surface area contributed by atoms with Gasteiger partial charge in [0, 0.05) is 5.75 Å². The Balaban J connectivity index is 1.74. The smallest absolute Gasteiger partial charge is 0.203 e. The first-order chi connectivity index (χ1) is 8.78. The summed E-state index contributed by atoms with van der Waals surface area (Å²) in [5.41, 5.74) is 6.80. The van der Waals surface area contributed by atoms with Crippen molar-refractivity contribution in [1.29, 1.82) is 0 Å². The fourth-order valence-corrected chi connectivity index (χ4v) is 2.95. The zero-order valence-electron chi connectivity index (χ0n) is 10.1. The molecule has 0 saturated heterocycles. The predicted octanol–water partition coefficient (Wildman–Crippen LogP) is 2.85. The molecule has 2 rings (SSSR count). The van der Waals surface area contributed by atoms with Gasteiger partial charge in [-0.25, -0.2) is 0 Å². The van der Waals surface area contributed by atoms with Crippen molar-refractivity contribution in [2.45, 2.75) is 17.7 Å². The third-order valence-corrected chi connectivity index (χ3v) is 4.16. The number of nitrogens with two attached hydrogens (primary N) is 1. The molecule has 0 atom stereocenters. The minimum absolute atomic E-state index is 0.508. The van der Waals surface area contributed by atoms with Crippen molar-refractivity contribution < 1.29 is 4.74 Å². The maximum absolute atomic E-state index is 5.68. The molecule has 2 aromatic rings. The van der Waals surface area contributed by atoms with Crippen molar-refractivity contribution in [1.82, 2.24) is 10.2 Å². The maximum Gasteiger partial charge on any atom is 0.203 e. The molecule has 0 spiro atoms. The van der Waals surface area contributed by atoms with Crippen LogP contribution in [-0.4, -0.2) is 22.6 Å². The van der Waals surface area contributed by atoms with Crippen LogP contribution in [0.2, 0.25) is 0 Å². The van der Waals surface area contributed by atoms with Crippen LogP contribution in [0.1, 0.15) is 12.5 Å². The van der Waals surface area contributed by atoms with E-state index >= 15 is 0 Å². The molecule has 6 heteroatoms. The Labute approximate surface area is 115 Å². The molecule has 0 fully saturated rings. The van der Waals surface area contributed by atoms with Crippen molar-refractivity contribution in [3.63, 3.8) is 0 Å². The van der Waals surface area contributed by atoms with Gasteiger partial charge in [-0.2, -0.15) is 0 Å². The molecule has 0 bridgehead atoms. The standard InChI is InChI=1S/C12H15N3OS2/c1-2-9-4-3-5-10(8-9)16-6-7-17-12-15-14-11(13)18-12/h3-5,8H,2,6-7H2,1H3,(H2,13,14). The van der Waals surface area contributed by atoms with Gasteiger partial charge in [-0.3, -0.25) is 0 Å². The molecule has 0 unspecified atom stereocenters. The van der Waals surface area contributed by atoms with Crippen LogP contribution in [0.15, 0.2) is 28.6 Å². The number of rotatable bonds is 6. The van der Waals surface area contributed by atoms with Gasteiger partial charge in [0.05, 0.1) is 6.61 Å². The van der Waals surface area contributed by atoms with Gasteiger partial charge in [0.25, 0.3) is 0 Å². The average molecular weight is 281 g/mol. The number of nitrogens with zero attached hydrogens (tertiary/aromatic N) is 2. The summed E-state index contributed by atoms with van der Waals surface area (Å²) in [4.78, 5) is 0. The van der Waals surface area contributed by atoms with Gasteiger partial charge >= 0.3 is 0 Å². The molecule has 2 N–H and O–H groups in total. The summed E-state index contributed by atoms with van der Waals surface area (Å²) in [6.45, 7) is 2.78. The van der Waals surface area contributed by atoms with Crippen LogP contribution in [0.4, 0.5) is 5.13 Å². The summed E-state index contributed by atoms with van der Waals surface area (Å²) < 4.78 is 6.57. The van der Waals surface area contributed by atoms with Crippen LogP contribution >= 0.6 is 23.1 Å².